The van der Waals surface area contributed by atoms with Crippen molar-refractivity contribution in [3.8, 4) is 28.0 Å². The van der Waals surface area contributed by atoms with Crippen LogP contribution in [-0.2, 0) is 17.6 Å². The Morgan fingerprint density at radius 3 is 2.41 bits per heavy atom. The fraction of sp³-hybridized carbons (Fsp3) is 0.333. The number of fused-ring (bicyclic) bond motifs is 1. The number of hydrogen-bond donors (Lipinski definition) is 2. The smallest absolute Gasteiger partial charge is 0.307 e. The van der Waals surface area contributed by atoms with Crippen molar-refractivity contribution >= 4 is 33.6 Å². The Labute approximate surface area is 257 Å². The summed E-state index contributed by atoms with van der Waals surface area (Å²) in [5.41, 5.74) is 7.12. The van der Waals surface area contributed by atoms with Gasteiger partial charge in [0.25, 0.3) is 0 Å². The zero-order chi connectivity index (χ0) is 31.0. The molecule has 1 saturated heterocycles. The van der Waals surface area contributed by atoms with Crippen molar-refractivity contribution in [2.24, 2.45) is 0 Å². The molecule has 44 heavy (non-hydrogen) atoms. The summed E-state index contributed by atoms with van der Waals surface area (Å²) in [5, 5.41) is 21.4. The number of aliphatic hydroxyl groups is 1. The van der Waals surface area contributed by atoms with Crippen molar-refractivity contribution < 1.29 is 19.7 Å². The van der Waals surface area contributed by atoms with E-state index in [9.17, 15) is 9.90 Å². The fourth-order valence-corrected chi connectivity index (χ4v) is 6.11. The van der Waals surface area contributed by atoms with Crippen molar-refractivity contribution in [3.05, 3.63) is 77.7 Å². The van der Waals surface area contributed by atoms with Gasteiger partial charge in [-0.15, -0.1) is 0 Å². The molecule has 226 valence electrons. The Morgan fingerprint density at radius 2 is 1.70 bits per heavy atom. The van der Waals surface area contributed by atoms with Crippen LogP contribution in [0.5, 0.6) is 5.75 Å². The van der Waals surface area contributed by atoms with Crippen LogP contribution in [0, 0.1) is 6.92 Å². The third kappa shape index (κ3) is 6.08. The van der Waals surface area contributed by atoms with E-state index in [2.05, 4.69) is 39.1 Å². The minimum atomic E-state index is -0.857. The maximum absolute atomic E-state index is 12.0. The van der Waals surface area contributed by atoms with Gasteiger partial charge in [0.05, 0.1) is 24.1 Å². The van der Waals surface area contributed by atoms with Crippen molar-refractivity contribution in [1.29, 1.82) is 0 Å². The van der Waals surface area contributed by atoms with Gasteiger partial charge in [-0.1, -0.05) is 18.2 Å². The summed E-state index contributed by atoms with van der Waals surface area (Å²) in [6.07, 6.45) is 8.76. The molecule has 0 spiro atoms. The molecule has 0 amide bonds. The number of nitrogens with zero attached hydrogens (tertiary/aromatic N) is 4. The van der Waals surface area contributed by atoms with Crippen molar-refractivity contribution in [3.63, 3.8) is 0 Å². The standard InChI is InChI=1S/C32H28N4O3.C4H10O/c1-19-14-22-15-21(23-17-34-32(35-18-23)36-11-2-3-12-36)4-5-24(22)30(26(19)16-28(37)38)25-6-7-27-29-20(9-13-39-27)8-10-33-31(25)29;1-4(2,3)5/h4-8,10,14-15,17-18H,2-3,9,11-13,16H2,1H3,(H,37,38);5H,1-3H3. The highest BCUT2D eigenvalue weighted by atomic mass is 16.5. The summed E-state index contributed by atoms with van der Waals surface area (Å²) in [7, 11) is 0. The maximum atomic E-state index is 12.0. The first-order valence-electron chi connectivity index (χ1n) is 15.2. The molecule has 5 aromatic rings. The number of carboxylic acid groups (broad SMARTS) is 1. The molecule has 0 radical (unpaired) electrons. The Bertz CT molecular complexity index is 1840. The number of carboxylic acids is 1. The summed E-state index contributed by atoms with van der Waals surface area (Å²) < 4.78 is 5.95. The van der Waals surface area contributed by atoms with Gasteiger partial charge < -0.3 is 19.8 Å². The number of aryl methyl sites for hydroxylation is 1. The lowest BCUT2D eigenvalue weighted by Gasteiger charge is -2.22. The molecular weight excluding hydrogens is 552 g/mol. The highest BCUT2D eigenvalue weighted by molar-refractivity contribution is 6.09. The molecule has 8 heteroatoms. The van der Waals surface area contributed by atoms with Crippen molar-refractivity contribution in [1.82, 2.24) is 15.0 Å². The van der Waals surface area contributed by atoms with E-state index in [4.69, 9.17) is 14.8 Å². The van der Waals surface area contributed by atoms with Gasteiger partial charge in [-0.3, -0.25) is 9.78 Å². The Morgan fingerprint density at radius 1 is 0.977 bits per heavy atom. The van der Waals surface area contributed by atoms with E-state index in [1.807, 2.05) is 43.7 Å². The fourth-order valence-electron chi connectivity index (χ4n) is 6.11. The zero-order valence-corrected chi connectivity index (χ0v) is 25.7. The lowest BCUT2D eigenvalue weighted by atomic mass is 9.86. The normalized spacial score (nSPS) is 14.3. The number of aliphatic carboxylic acids is 1. The van der Waals surface area contributed by atoms with E-state index in [-0.39, 0.29) is 6.42 Å². The van der Waals surface area contributed by atoms with Gasteiger partial charge in [-0.05, 0) is 103 Å². The van der Waals surface area contributed by atoms with Crippen LogP contribution in [0.25, 0.3) is 43.9 Å². The van der Waals surface area contributed by atoms with Crippen LogP contribution >= 0.6 is 0 Å². The van der Waals surface area contributed by atoms with Gasteiger partial charge >= 0.3 is 5.97 Å². The quantitative estimate of drug-likeness (QED) is 0.231. The molecule has 2 aromatic heterocycles. The molecule has 2 N–H and O–H groups in total. The van der Waals surface area contributed by atoms with E-state index in [0.717, 1.165) is 86.3 Å². The van der Waals surface area contributed by atoms with E-state index in [1.54, 1.807) is 20.8 Å². The number of benzene rings is 3. The second kappa shape index (κ2) is 11.8. The van der Waals surface area contributed by atoms with Crippen LogP contribution in [-0.4, -0.2) is 56.4 Å². The third-order valence-corrected chi connectivity index (χ3v) is 8.00. The Kier molecular flexibility index (Phi) is 7.95. The predicted octanol–water partition coefficient (Wildman–Crippen LogP) is 6.76. The summed E-state index contributed by atoms with van der Waals surface area (Å²) in [6.45, 7) is 9.88. The molecule has 3 aromatic carbocycles. The molecule has 4 heterocycles. The lowest BCUT2D eigenvalue weighted by molar-refractivity contribution is -0.136. The third-order valence-electron chi connectivity index (χ3n) is 8.00. The molecule has 7 rings (SSSR count). The van der Waals surface area contributed by atoms with Crippen LogP contribution in [0.2, 0.25) is 0 Å². The first-order valence-corrected chi connectivity index (χ1v) is 15.2. The molecule has 8 nitrogen and oxygen atoms in total. The molecular formula is C36H38N4O4. The highest BCUT2D eigenvalue weighted by Gasteiger charge is 2.22. The zero-order valence-electron chi connectivity index (χ0n) is 25.7. The number of rotatable bonds is 5. The van der Waals surface area contributed by atoms with Crippen molar-refractivity contribution in [2.45, 2.75) is 59.0 Å². The number of hydrogen-bond acceptors (Lipinski definition) is 7. The minimum Gasteiger partial charge on any atom is -0.493 e. The molecule has 0 atom stereocenters. The second-order valence-corrected chi connectivity index (χ2v) is 12.6. The Balaban J connectivity index is 0.000000637. The predicted molar refractivity (Wildman–Crippen MR) is 174 cm³/mol. The average molecular weight is 591 g/mol. The largest absolute Gasteiger partial charge is 0.493 e. The molecule has 0 unspecified atom stereocenters. The van der Waals surface area contributed by atoms with E-state index >= 15 is 0 Å². The van der Waals surface area contributed by atoms with Gasteiger partial charge in [-0.2, -0.15) is 0 Å². The summed E-state index contributed by atoms with van der Waals surface area (Å²) in [6, 6.07) is 14.5. The van der Waals surface area contributed by atoms with E-state index < -0.39 is 11.6 Å². The van der Waals surface area contributed by atoms with Gasteiger partial charge in [0.1, 0.15) is 5.75 Å². The monoisotopic (exact) mass is 590 g/mol. The topological polar surface area (TPSA) is 109 Å². The molecule has 1 fully saturated rings. The van der Waals surface area contributed by atoms with Gasteiger partial charge in [-0.25, -0.2) is 9.97 Å². The molecule has 2 aliphatic heterocycles. The second-order valence-electron chi connectivity index (χ2n) is 12.6. The average Bonchev–Trinajstić information content (AvgIpc) is 3.53. The summed E-state index contributed by atoms with van der Waals surface area (Å²) in [5.74, 6) is 0.761. The number of ether oxygens (including phenoxy) is 1. The maximum Gasteiger partial charge on any atom is 0.307 e. The van der Waals surface area contributed by atoms with Crippen molar-refractivity contribution in [2.75, 3.05) is 24.6 Å². The van der Waals surface area contributed by atoms with Gasteiger partial charge in [0.15, 0.2) is 0 Å². The van der Waals surface area contributed by atoms with Crippen LogP contribution in [0.1, 0.15) is 50.3 Å². The summed E-state index contributed by atoms with van der Waals surface area (Å²) in [4.78, 5) is 28.3. The lowest BCUT2D eigenvalue weighted by Crippen LogP contribution is -2.20. The highest BCUT2D eigenvalue weighted by Crippen LogP contribution is 2.43. The first kappa shape index (κ1) is 29.5. The van der Waals surface area contributed by atoms with Gasteiger partial charge in [0, 0.05) is 54.6 Å². The molecule has 0 bridgehead atoms. The van der Waals surface area contributed by atoms with E-state index in [0.29, 0.717) is 6.61 Å². The SMILES string of the molecule is CC(C)(C)O.Cc1cc2cc(-c3cnc(N4CCCC4)nc3)ccc2c(-c2ccc3c4c(ccnc24)CCO3)c1CC(=O)O. The van der Waals surface area contributed by atoms with Crippen LogP contribution < -0.4 is 9.64 Å². The van der Waals surface area contributed by atoms with Crippen LogP contribution in [0.3, 0.4) is 0 Å². The first-order chi connectivity index (χ1) is 21.1. The van der Waals surface area contributed by atoms with Crippen LogP contribution in [0.4, 0.5) is 5.95 Å². The van der Waals surface area contributed by atoms with Crippen LogP contribution in [0.15, 0.2) is 61.1 Å². The molecule has 0 aliphatic carbocycles. The Hall–Kier alpha value is -4.56. The number of anilines is 1. The number of carbonyl (C=O) groups is 1. The van der Waals surface area contributed by atoms with Gasteiger partial charge in [0.2, 0.25) is 5.95 Å². The molecule has 0 saturated carbocycles. The van der Waals surface area contributed by atoms with E-state index in [1.165, 1.54) is 18.4 Å². The molecule has 2 aliphatic rings. The number of pyridine rings is 1. The summed E-state index contributed by atoms with van der Waals surface area (Å²) >= 11 is 0. The number of aromatic nitrogens is 3. The minimum absolute atomic E-state index is 0.0654.